The van der Waals surface area contributed by atoms with Crippen molar-refractivity contribution in [3.8, 4) is 0 Å². The average Bonchev–Trinajstić information content (AvgIpc) is 2.04. The molecule has 0 amide bonds. The Morgan fingerprint density at radius 2 is 1.57 bits per heavy atom. The minimum absolute atomic E-state index is 0. The van der Waals surface area contributed by atoms with Crippen molar-refractivity contribution in [3.05, 3.63) is 35.9 Å². The van der Waals surface area contributed by atoms with Crippen molar-refractivity contribution in [2.45, 2.75) is 12.8 Å². The molecule has 0 fully saturated rings. The molecule has 2 heteroatoms. The topological polar surface area (TPSA) is 0 Å². The van der Waals surface area contributed by atoms with Gasteiger partial charge in [0.25, 0.3) is 0 Å². The zero-order valence-electron chi connectivity index (χ0n) is 9.33. The maximum absolute atomic E-state index is 2.41. The monoisotopic (exact) mass is 274 g/mol. The highest BCUT2D eigenvalue weighted by Gasteiger charge is 2.15. The molecule has 14 heavy (non-hydrogen) atoms. The largest absolute Gasteiger partial charge is 1.00 e. The highest BCUT2D eigenvalue weighted by atomic mass is 79.9. The lowest BCUT2D eigenvalue weighted by molar-refractivity contribution is -0.00000302. The molecule has 0 N–H and O–H groups in total. The summed E-state index contributed by atoms with van der Waals surface area (Å²) in [7, 11) is -0.553. The fraction of sp³-hybridized carbons (Fsp3) is 0.500. The van der Waals surface area contributed by atoms with E-state index in [1.165, 1.54) is 24.6 Å². The Morgan fingerprint density at radius 3 is 2.07 bits per heavy atom. The molecule has 0 aromatic heterocycles. The van der Waals surface area contributed by atoms with Crippen molar-refractivity contribution in [3.63, 3.8) is 0 Å². The van der Waals surface area contributed by atoms with Crippen LogP contribution >= 0.6 is 7.26 Å². The lowest BCUT2D eigenvalue weighted by atomic mass is 10.1. The molecule has 0 atom stereocenters. The normalized spacial score (nSPS) is 10.8. The molecule has 0 aliphatic heterocycles. The van der Waals surface area contributed by atoms with Crippen LogP contribution in [0.4, 0.5) is 0 Å². The van der Waals surface area contributed by atoms with Crippen LogP contribution in [0.25, 0.3) is 0 Å². The van der Waals surface area contributed by atoms with E-state index in [1.807, 2.05) is 0 Å². The van der Waals surface area contributed by atoms with E-state index in [0.717, 1.165) is 0 Å². The van der Waals surface area contributed by atoms with Crippen molar-refractivity contribution >= 4 is 7.26 Å². The molecule has 0 bridgehead atoms. The summed E-state index contributed by atoms with van der Waals surface area (Å²) in [6.07, 6.45) is 4.02. The van der Waals surface area contributed by atoms with Crippen LogP contribution in [0.5, 0.6) is 0 Å². The van der Waals surface area contributed by atoms with Gasteiger partial charge in [0.1, 0.15) is 0 Å². The highest BCUT2D eigenvalue weighted by molar-refractivity contribution is 7.73. The van der Waals surface area contributed by atoms with Gasteiger partial charge < -0.3 is 17.0 Å². The molecule has 1 aromatic rings. The molecular formula is C12H20BrP. The minimum atomic E-state index is -0.553. The smallest absolute Gasteiger partial charge is 0.0589 e. The van der Waals surface area contributed by atoms with Crippen molar-refractivity contribution < 1.29 is 17.0 Å². The summed E-state index contributed by atoms with van der Waals surface area (Å²) in [5, 5.41) is 0. The third-order valence-corrected chi connectivity index (χ3v) is 3.80. The molecule has 0 saturated heterocycles. The van der Waals surface area contributed by atoms with Gasteiger partial charge in [-0.1, -0.05) is 30.3 Å². The Balaban J connectivity index is 0.00000169. The van der Waals surface area contributed by atoms with Crippen LogP contribution < -0.4 is 17.0 Å². The van der Waals surface area contributed by atoms with Crippen molar-refractivity contribution in [1.29, 1.82) is 0 Å². The number of benzene rings is 1. The van der Waals surface area contributed by atoms with Crippen LogP contribution in [0.1, 0.15) is 12.0 Å². The summed E-state index contributed by atoms with van der Waals surface area (Å²) in [5.74, 6) is 0. The molecule has 1 aromatic carbocycles. The van der Waals surface area contributed by atoms with Gasteiger partial charge in [0.2, 0.25) is 0 Å². The molecule has 1 rings (SSSR count). The fourth-order valence-electron chi connectivity index (χ4n) is 1.40. The van der Waals surface area contributed by atoms with Crippen LogP contribution in [0, 0.1) is 0 Å². The number of rotatable bonds is 4. The molecule has 0 aliphatic carbocycles. The third-order valence-electron chi connectivity index (χ3n) is 2.14. The van der Waals surface area contributed by atoms with Gasteiger partial charge in [0.05, 0.1) is 6.16 Å². The maximum Gasteiger partial charge on any atom is 0.0589 e. The van der Waals surface area contributed by atoms with Crippen molar-refractivity contribution in [1.82, 2.24) is 0 Å². The lowest BCUT2D eigenvalue weighted by Crippen LogP contribution is -3.00. The molecule has 0 aliphatic rings. The standard InChI is InChI=1S/C12H20P.BrH/c1-13(2,3)11-7-10-12-8-5-4-6-9-12;/h4-6,8-9H,7,10-11H2,1-3H3;1H/q+1;/p-1. The van der Waals surface area contributed by atoms with Gasteiger partial charge in [-0.25, -0.2) is 0 Å². The van der Waals surface area contributed by atoms with Crippen LogP contribution in [0.15, 0.2) is 30.3 Å². The number of halogens is 1. The van der Waals surface area contributed by atoms with Crippen molar-refractivity contribution in [2.24, 2.45) is 0 Å². The Morgan fingerprint density at radius 1 is 1.00 bits per heavy atom. The van der Waals surface area contributed by atoms with Gasteiger partial charge >= 0.3 is 0 Å². The predicted octanol–water partition coefficient (Wildman–Crippen LogP) is 0.530. The van der Waals surface area contributed by atoms with Crippen molar-refractivity contribution in [2.75, 3.05) is 26.2 Å². The second kappa shape index (κ2) is 6.58. The van der Waals surface area contributed by atoms with E-state index >= 15 is 0 Å². The number of aryl methyl sites for hydroxylation is 1. The Hall–Kier alpha value is 0.130. The summed E-state index contributed by atoms with van der Waals surface area (Å²) >= 11 is 0. The first-order chi connectivity index (χ1) is 6.08. The second-order valence-electron chi connectivity index (χ2n) is 4.60. The zero-order chi connectivity index (χ0) is 9.73. The molecule has 0 unspecified atom stereocenters. The third kappa shape index (κ3) is 6.56. The Labute approximate surface area is 99.2 Å². The summed E-state index contributed by atoms with van der Waals surface area (Å²) in [4.78, 5) is 0. The molecule has 0 nitrogen and oxygen atoms in total. The van der Waals surface area contributed by atoms with E-state index in [4.69, 9.17) is 0 Å². The zero-order valence-corrected chi connectivity index (χ0v) is 11.8. The SMILES string of the molecule is C[P+](C)(C)CCCc1ccccc1.[Br-]. The van der Waals surface area contributed by atoms with Gasteiger partial charge in [-0.15, -0.1) is 0 Å². The molecule has 0 heterocycles. The van der Waals surface area contributed by atoms with E-state index in [2.05, 4.69) is 50.3 Å². The molecular weight excluding hydrogens is 255 g/mol. The Bertz CT molecular complexity index is 238. The van der Waals surface area contributed by atoms with Crippen LogP contribution in [-0.4, -0.2) is 26.2 Å². The number of hydrogen-bond acceptors (Lipinski definition) is 0. The van der Waals surface area contributed by atoms with Gasteiger partial charge in [-0.2, -0.15) is 0 Å². The van der Waals surface area contributed by atoms with E-state index in [9.17, 15) is 0 Å². The van der Waals surface area contributed by atoms with E-state index in [-0.39, 0.29) is 17.0 Å². The van der Waals surface area contributed by atoms with Gasteiger partial charge in [-0.3, -0.25) is 0 Å². The van der Waals surface area contributed by atoms with Gasteiger partial charge in [-0.05, 0) is 18.4 Å². The van der Waals surface area contributed by atoms with Gasteiger partial charge in [0.15, 0.2) is 0 Å². The molecule has 0 radical (unpaired) electrons. The van der Waals surface area contributed by atoms with Crippen LogP contribution in [0.2, 0.25) is 0 Å². The summed E-state index contributed by atoms with van der Waals surface area (Å²) in [5.41, 5.74) is 1.48. The van der Waals surface area contributed by atoms with E-state index in [1.54, 1.807) is 0 Å². The number of hydrogen-bond donors (Lipinski definition) is 0. The molecule has 0 saturated carbocycles. The lowest BCUT2D eigenvalue weighted by Gasteiger charge is -2.10. The molecule has 80 valence electrons. The highest BCUT2D eigenvalue weighted by Crippen LogP contribution is 2.46. The van der Waals surface area contributed by atoms with E-state index in [0.29, 0.717) is 0 Å². The fourth-order valence-corrected chi connectivity index (χ4v) is 2.51. The quantitative estimate of drug-likeness (QED) is 0.703. The first-order valence-electron chi connectivity index (χ1n) is 4.92. The first kappa shape index (κ1) is 14.1. The summed E-state index contributed by atoms with van der Waals surface area (Å²) in [6, 6.07) is 10.8. The van der Waals surface area contributed by atoms with Crippen LogP contribution in [0.3, 0.4) is 0 Å². The average molecular weight is 275 g/mol. The maximum atomic E-state index is 2.41. The van der Waals surface area contributed by atoms with Crippen LogP contribution in [-0.2, 0) is 6.42 Å². The first-order valence-corrected chi connectivity index (χ1v) is 8.24. The summed E-state index contributed by atoms with van der Waals surface area (Å²) < 4.78 is 0. The second-order valence-corrected chi connectivity index (χ2v) is 9.63. The summed E-state index contributed by atoms with van der Waals surface area (Å²) in [6.45, 7) is 7.24. The predicted molar refractivity (Wildman–Crippen MR) is 64.3 cm³/mol. The Kier molecular flexibility index (Phi) is 6.64. The minimum Gasteiger partial charge on any atom is -1.00 e. The van der Waals surface area contributed by atoms with Gasteiger partial charge in [0, 0.05) is 27.3 Å². The molecule has 0 spiro atoms. The van der Waals surface area contributed by atoms with E-state index < -0.39 is 7.26 Å².